The minimum absolute atomic E-state index is 0.121. The Bertz CT molecular complexity index is 669. The van der Waals surface area contributed by atoms with Crippen LogP contribution >= 0.6 is 11.6 Å². The summed E-state index contributed by atoms with van der Waals surface area (Å²) >= 11 is 5.76. The van der Waals surface area contributed by atoms with Crippen molar-refractivity contribution in [2.75, 3.05) is 5.32 Å². The molecule has 1 amide bonds. The van der Waals surface area contributed by atoms with E-state index in [1.165, 1.54) is 6.20 Å². The first-order chi connectivity index (χ1) is 9.77. The lowest BCUT2D eigenvalue weighted by molar-refractivity contribution is -0.137. The number of amides is 1. The lowest BCUT2D eigenvalue weighted by Crippen LogP contribution is -2.13. The van der Waals surface area contributed by atoms with Gasteiger partial charge in [-0.15, -0.1) is 0 Å². The van der Waals surface area contributed by atoms with Gasteiger partial charge in [0.25, 0.3) is 5.91 Å². The molecule has 3 nitrogen and oxygen atoms in total. The number of pyridine rings is 1. The highest BCUT2D eigenvalue weighted by atomic mass is 35.5. The number of hydrogen-bond acceptors (Lipinski definition) is 2. The molecule has 0 aliphatic heterocycles. The molecule has 0 radical (unpaired) electrons. The molecule has 1 aromatic heterocycles. The van der Waals surface area contributed by atoms with Crippen molar-refractivity contribution >= 4 is 23.2 Å². The molecule has 2 rings (SSSR count). The van der Waals surface area contributed by atoms with Gasteiger partial charge in [-0.25, -0.2) is 4.98 Å². The van der Waals surface area contributed by atoms with Gasteiger partial charge < -0.3 is 5.32 Å². The maximum atomic E-state index is 12.4. The average Bonchev–Trinajstić information content (AvgIpc) is 2.42. The SMILES string of the molecule is Cc1cc(NC(=O)c2ccc(C(F)(F)F)cc2)cnc1Cl. The minimum atomic E-state index is -4.42. The van der Waals surface area contributed by atoms with Crippen LogP contribution in [0, 0.1) is 6.92 Å². The summed E-state index contributed by atoms with van der Waals surface area (Å²) in [6, 6.07) is 5.58. The molecular formula is C14H10ClF3N2O. The van der Waals surface area contributed by atoms with Gasteiger partial charge in [0, 0.05) is 5.56 Å². The van der Waals surface area contributed by atoms with Gasteiger partial charge in [-0.1, -0.05) is 11.6 Å². The van der Waals surface area contributed by atoms with E-state index in [0.717, 1.165) is 24.3 Å². The molecule has 7 heteroatoms. The zero-order valence-corrected chi connectivity index (χ0v) is 11.6. The van der Waals surface area contributed by atoms with Gasteiger partial charge in [0.15, 0.2) is 0 Å². The fourth-order valence-corrected chi connectivity index (χ4v) is 1.74. The van der Waals surface area contributed by atoms with Gasteiger partial charge in [-0.05, 0) is 42.8 Å². The summed E-state index contributed by atoms with van der Waals surface area (Å²) in [7, 11) is 0. The summed E-state index contributed by atoms with van der Waals surface area (Å²) < 4.78 is 37.3. The third kappa shape index (κ3) is 3.72. The fraction of sp³-hybridized carbons (Fsp3) is 0.143. The molecule has 0 spiro atoms. The molecule has 0 saturated heterocycles. The summed E-state index contributed by atoms with van der Waals surface area (Å²) in [5.74, 6) is -0.521. The van der Waals surface area contributed by atoms with Crippen LogP contribution in [-0.2, 0) is 6.18 Å². The van der Waals surface area contributed by atoms with Crippen molar-refractivity contribution in [3.63, 3.8) is 0 Å². The van der Waals surface area contributed by atoms with E-state index in [1.807, 2.05) is 0 Å². The summed E-state index contributed by atoms with van der Waals surface area (Å²) in [5, 5.41) is 2.86. The van der Waals surface area contributed by atoms with Crippen molar-refractivity contribution in [3.05, 3.63) is 58.4 Å². The van der Waals surface area contributed by atoms with Crippen LogP contribution in [0.15, 0.2) is 36.5 Å². The number of aryl methyl sites for hydroxylation is 1. The summed E-state index contributed by atoms with van der Waals surface area (Å²) in [6.07, 6.45) is -3.05. The van der Waals surface area contributed by atoms with Gasteiger partial charge in [0.1, 0.15) is 5.15 Å². The van der Waals surface area contributed by atoms with E-state index in [4.69, 9.17) is 11.6 Å². The molecule has 21 heavy (non-hydrogen) atoms. The van der Waals surface area contributed by atoms with Crippen molar-refractivity contribution in [1.82, 2.24) is 4.98 Å². The van der Waals surface area contributed by atoms with Gasteiger partial charge in [0.05, 0.1) is 17.4 Å². The van der Waals surface area contributed by atoms with Gasteiger partial charge in [-0.3, -0.25) is 4.79 Å². The maximum Gasteiger partial charge on any atom is 0.416 e. The standard InChI is InChI=1S/C14H10ClF3N2O/c1-8-6-11(7-19-12(8)15)20-13(21)9-2-4-10(5-3-9)14(16,17)18/h2-7H,1H3,(H,20,21). The molecule has 1 heterocycles. The zero-order valence-electron chi connectivity index (χ0n) is 10.8. The Morgan fingerprint density at radius 1 is 1.24 bits per heavy atom. The first-order valence-corrected chi connectivity index (χ1v) is 6.26. The van der Waals surface area contributed by atoms with Crippen molar-refractivity contribution < 1.29 is 18.0 Å². The molecule has 0 aliphatic rings. The second kappa shape index (κ2) is 5.73. The Morgan fingerprint density at radius 2 is 1.86 bits per heavy atom. The van der Waals surface area contributed by atoms with Crippen molar-refractivity contribution in [1.29, 1.82) is 0 Å². The van der Waals surface area contributed by atoms with Crippen LogP contribution in [0.25, 0.3) is 0 Å². The van der Waals surface area contributed by atoms with E-state index in [9.17, 15) is 18.0 Å². The minimum Gasteiger partial charge on any atom is -0.321 e. The van der Waals surface area contributed by atoms with Crippen LogP contribution in [0.1, 0.15) is 21.5 Å². The van der Waals surface area contributed by atoms with Crippen molar-refractivity contribution in [3.8, 4) is 0 Å². The molecular weight excluding hydrogens is 305 g/mol. The van der Waals surface area contributed by atoms with Crippen LogP contribution in [-0.4, -0.2) is 10.9 Å². The van der Waals surface area contributed by atoms with E-state index in [-0.39, 0.29) is 5.56 Å². The number of anilines is 1. The Hall–Kier alpha value is -2.08. The number of hydrogen-bond donors (Lipinski definition) is 1. The number of nitrogens with one attached hydrogen (secondary N) is 1. The van der Waals surface area contributed by atoms with Crippen LogP contribution in [0.2, 0.25) is 5.15 Å². The zero-order chi connectivity index (χ0) is 15.6. The predicted octanol–water partition coefficient (Wildman–Crippen LogP) is 4.31. The summed E-state index contributed by atoms with van der Waals surface area (Å²) in [6.45, 7) is 1.73. The van der Waals surface area contributed by atoms with E-state index in [1.54, 1.807) is 13.0 Å². The van der Waals surface area contributed by atoms with Crippen LogP contribution in [0.3, 0.4) is 0 Å². The molecule has 110 valence electrons. The van der Waals surface area contributed by atoms with Crippen molar-refractivity contribution in [2.45, 2.75) is 13.1 Å². The van der Waals surface area contributed by atoms with E-state index < -0.39 is 17.6 Å². The summed E-state index contributed by atoms with van der Waals surface area (Å²) in [4.78, 5) is 15.8. The number of aromatic nitrogens is 1. The second-order valence-corrected chi connectivity index (χ2v) is 4.72. The molecule has 1 aromatic carbocycles. The normalized spacial score (nSPS) is 11.3. The lowest BCUT2D eigenvalue weighted by Gasteiger charge is -2.09. The monoisotopic (exact) mass is 314 g/mol. The molecule has 0 aliphatic carbocycles. The number of carbonyl (C=O) groups excluding carboxylic acids is 1. The first-order valence-electron chi connectivity index (χ1n) is 5.88. The van der Waals surface area contributed by atoms with E-state index in [0.29, 0.717) is 16.4 Å². The number of alkyl halides is 3. The second-order valence-electron chi connectivity index (χ2n) is 4.36. The van der Waals surface area contributed by atoms with Crippen LogP contribution in [0.5, 0.6) is 0 Å². The molecule has 0 atom stereocenters. The smallest absolute Gasteiger partial charge is 0.321 e. The van der Waals surface area contributed by atoms with E-state index >= 15 is 0 Å². The molecule has 0 fully saturated rings. The Labute approximate surface area is 123 Å². The lowest BCUT2D eigenvalue weighted by atomic mass is 10.1. The Morgan fingerprint density at radius 3 is 2.38 bits per heavy atom. The van der Waals surface area contributed by atoms with Crippen molar-refractivity contribution in [2.24, 2.45) is 0 Å². The molecule has 2 aromatic rings. The van der Waals surface area contributed by atoms with Gasteiger partial charge >= 0.3 is 6.18 Å². The third-order valence-corrected chi connectivity index (χ3v) is 3.14. The maximum absolute atomic E-state index is 12.4. The average molecular weight is 315 g/mol. The first kappa shape index (κ1) is 15.3. The highest BCUT2D eigenvalue weighted by molar-refractivity contribution is 6.30. The highest BCUT2D eigenvalue weighted by Crippen LogP contribution is 2.29. The Balaban J connectivity index is 2.15. The Kier molecular flexibility index (Phi) is 4.18. The van der Waals surface area contributed by atoms with Gasteiger partial charge in [0.2, 0.25) is 0 Å². The van der Waals surface area contributed by atoms with Crippen LogP contribution < -0.4 is 5.32 Å². The topological polar surface area (TPSA) is 42.0 Å². The number of benzene rings is 1. The number of nitrogens with zero attached hydrogens (tertiary/aromatic N) is 1. The molecule has 0 unspecified atom stereocenters. The number of halogens is 4. The third-order valence-electron chi connectivity index (χ3n) is 2.75. The van der Waals surface area contributed by atoms with Gasteiger partial charge in [-0.2, -0.15) is 13.2 Å². The van der Waals surface area contributed by atoms with Crippen LogP contribution in [0.4, 0.5) is 18.9 Å². The largest absolute Gasteiger partial charge is 0.416 e. The predicted molar refractivity (Wildman–Crippen MR) is 73.4 cm³/mol. The fourth-order valence-electron chi connectivity index (χ4n) is 1.64. The number of carbonyl (C=O) groups is 1. The molecule has 1 N–H and O–H groups in total. The molecule has 0 bridgehead atoms. The van der Waals surface area contributed by atoms with E-state index in [2.05, 4.69) is 10.3 Å². The quantitative estimate of drug-likeness (QED) is 0.839. The summed E-state index contributed by atoms with van der Waals surface area (Å²) in [5.41, 5.74) is 0.419. The highest BCUT2D eigenvalue weighted by Gasteiger charge is 2.30. The number of rotatable bonds is 2. The molecule has 0 saturated carbocycles.